The molecule has 4 aromatic rings. The van der Waals surface area contributed by atoms with Crippen LogP contribution in [0.1, 0.15) is 32.6 Å². The highest BCUT2D eigenvalue weighted by Crippen LogP contribution is 2.25. The van der Waals surface area contributed by atoms with Gasteiger partial charge in [-0.05, 0) is 55.7 Å². The number of rotatable bonds is 7. The SMILES string of the molecule is Cc1cc(C)c(NC(=O)CNC(=O)c2ccccc2CSc2nc3ccccc3[nH]2)c(C)c1. The third-order valence-electron chi connectivity index (χ3n) is 5.34. The number of thioether (sulfide) groups is 1. The first-order valence-corrected chi connectivity index (χ1v) is 11.7. The van der Waals surface area contributed by atoms with E-state index >= 15 is 0 Å². The second-order valence-corrected chi connectivity index (χ2v) is 8.97. The zero-order valence-electron chi connectivity index (χ0n) is 18.9. The molecule has 168 valence electrons. The molecule has 0 aliphatic rings. The Labute approximate surface area is 197 Å². The van der Waals surface area contributed by atoms with Crippen LogP contribution in [0.15, 0.2) is 65.8 Å². The molecule has 0 fully saturated rings. The summed E-state index contributed by atoms with van der Waals surface area (Å²) in [7, 11) is 0. The molecule has 0 radical (unpaired) electrons. The molecular formula is C26H26N4O2S. The third-order valence-corrected chi connectivity index (χ3v) is 6.27. The lowest BCUT2D eigenvalue weighted by Crippen LogP contribution is -2.33. The van der Waals surface area contributed by atoms with Crippen molar-refractivity contribution in [2.24, 2.45) is 0 Å². The number of H-pyrrole nitrogens is 1. The van der Waals surface area contributed by atoms with Crippen LogP contribution in [0.4, 0.5) is 5.69 Å². The molecule has 7 heteroatoms. The number of aromatic nitrogens is 2. The second-order valence-electron chi connectivity index (χ2n) is 8.01. The van der Waals surface area contributed by atoms with Gasteiger partial charge in [0.2, 0.25) is 5.91 Å². The van der Waals surface area contributed by atoms with Gasteiger partial charge in [-0.2, -0.15) is 0 Å². The van der Waals surface area contributed by atoms with Gasteiger partial charge in [-0.3, -0.25) is 9.59 Å². The molecule has 1 aromatic heterocycles. The van der Waals surface area contributed by atoms with E-state index in [4.69, 9.17) is 0 Å². The number of aromatic amines is 1. The van der Waals surface area contributed by atoms with Crippen molar-refractivity contribution in [2.45, 2.75) is 31.7 Å². The first-order chi connectivity index (χ1) is 15.9. The van der Waals surface area contributed by atoms with Gasteiger partial charge in [-0.25, -0.2) is 4.98 Å². The molecule has 0 saturated carbocycles. The number of imidazole rings is 1. The molecule has 33 heavy (non-hydrogen) atoms. The second kappa shape index (κ2) is 9.92. The summed E-state index contributed by atoms with van der Waals surface area (Å²) >= 11 is 1.54. The summed E-state index contributed by atoms with van der Waals surface area (Å²) in [4.78, 5) is 33.2. The van der Waals surface area contributed by atoms with Crippen LogP contribution in [-0.2, 0) is 10.5 Å². The molecule has 0 bridgehead atoms. The minimum absolute atomic E-state index is 0.101. The Balaban J connectivity index is 1.38. The van der Waals surface area contributed by atoms with E-state index in [1.165, 1.54) is 11.8 Å². The van der Waals surface area contributed by atoms with Gasteiger partial charge in [0.05, 0.1) is 17.6 Å². The Morgan fingerprint density at radius 1 is 0.970 bits per heavy atom. The topological polar surface area (TPSA) is 86.9 Å². The van der Waals surface area contributed by atoms with Crippen molar-refractivity contribution in [3.05, 3.63) is 88.5 Å². The number of para-hydroxylation sites is 2. The fourth-order valence-corrected chi connectivity index (χ4v) is 4.72. The largest absolute Gasteiger partial charge is 0.343 e. The van der Waals surface area contributed by atoms with Crippen LogP contribution in [0.5, 0.6) is 0 Å². The van der Waals surface area contributed by atoms with Crippen LogP contribution in [0.25, 0.3) is 11.0 Å². The summed E-state index contributed by atoms with van der Waals surface area (Å²) in [6, 6.07) is 19.3. The van der Waals surface area contributed by atoms with E-state index in [1.807, 2.05) is 75.4 Å². The van der Waals surface area contributed by atoms with Crippen molar-refractivity contribution in [1.82, 2.24) is 15.3 Å². The van der Waals surface area contributed by atoms with E-state index in [9.17, 15) is 9.59 Å². The van der Waals surface area contributed by atoms with Gasteiger partial charge in [0.25, 0.3) is 5.91 Å². The molecule has 3 aromatic carbocycles. The predicted octanol–water partition coefficient (Wildman–Crippen LogP) is 5.15. The fraction of sp³-hybridized carbons (Fsp3) is 0.192. The van der Waals surface area contributed by atoms with Gasteiger partial charge in [-0.1, -0.05) is 59.8 Å². The average molecular weight is 459 g/mol. The molecule has 3 N–H and O–H groups in total. The number of aryl methyl sites for hydroxylation is 3. The van der Waals surface area contributed by atoms with Crippen molar-refractivity contribution >= 4 is 40.3 Å². The predicted molar refractivity (Wildman–Crippen MR) is 134 cm³/mol. The number of amides is 2. The summed E-state index contributed by atoms with van der Waals surface area (Å²) < 4.78 is 0. The standard InChI is InChI=1S/C26H26N4O2S/c1-16-12-17(2)24(18(3)13-16)30-23(31)14-27-25(32)20-9-5-4-8-19(20)15-33-26-28-21-10-6-7-11-22(21)29-26/h4-13H,14-15H2,1-3H3,(H,27,32)(H,28,29)(H,30,31). The van der Waals surface area contributed by atoms with Crippen LogP contribution in [0.3, 0.4) is 0 Å². The molecular weight excluding hydrogens is 432 g/mol. The lowest BCUT2D eigenvalue weighted by atomic mass is 10.1. The van der Waals surface area contributed by atoms with Crippen LogP contribution >= 0.6 is 11.8 Å². The Morgan fingerprint density at radius 3 is 2.42 bits per heavy atom. The van der Waals surface area contributed by atoms with Gasteiger partial charge < -0.3 is 15.6 Å². The lowest BCUT2D eigenvalue weighted by molar-refractivity contribution is -0.115. The number of nitrogens with zero attached hydrogens (tertiary/aromatic N) is 1. The van der Waals surface area contributed by atoms with E-state index in [2.05, 4.69) is 20.6 Å². The van der Waals surface area contributed by atoms with Crippen molar-refractivity contribution in [3.63, 3.8) is 0 Å². The lowest BCUT2D eigenvalue weighted by Gasteiger charge is -2.14. The Kier molecular flexibility index (Phi) is 6.79. The number of benzene rings is 3. The summed E-state index contributed by atoms with van der Waals surface area (Å²) in [6.07, 6.45) is 0. The molecule has 0 saturated heterocycles. The number of fused-ring (bicyclic) bond motifs is 1. The van der Waals surface area contributed by atoms with Gasteiger partial charge in [0.1, 0.15) is 0 Å². The summed E-state index contributed by atoms with van der Waals surface area (Å²) in [5.41, 5.74) is 7.27. The Morgan fingerprint density at radius 2 is 1.67 bits per heavy atom. The highest BCUT2D eigenvalue weighted by molar-refractivity contribution is 7.98. The fourth-order valence-electron chi connectivity index (χ4n) is 3.83. The smallest absolute Gasteiger partial charge is 0.252 e. The van der Waals surface area contributed by atoms with Crippen molar-refractivity contribution < 1.29 is 9.59 Å². The first-order valence-electron chi connectivity index (χ1n) is 10.7. The van der Waals surface area contributed by atoms with Crippen LogP contribution in [0.2, 0.25) is 0 Å². The maximum Gasteiger partial charge on any atom is 0.252 e. The van der Waals surface area contributed by atoms with Crippen LogP contribution < -0.4 is 10.6 Å². The van der Waals surface area contributed by atoms with E-state index in [0.717, 1.165) is 44.1 Å². The first kappa shape index (κ1) is 22.6. The number of hydrogen-bond acceptors (Lipinski definition) is 4. The Bertz CT molecular complexity index is 1270. The highest BCUT2D eigenvalue weighted by atomic mass is 32.2. The normalized spacial score (nSPS) is 10.9. The van der Waals surface area contributed by atoms with Crippen LogP contribution in [-0.4, -0.2) is 28.3 Å². The maximum absolute atomic E-state index is 12.8. The molecule has 2 amide bonds. The van der Waals surface area contributed by atoms with E-state index < -0.39 is 0 Å². The summed E-state index contributed by atoms with van der Waals surface area (Å²) in [5.74, 6) is 0.0491. The van der Waals surface area contributed by atoms with Gasteiger partial charge in [-0.15, -0.1) is 0 Å². The van der Waals surface area contributed by atoms with E-state index in [1.54, 1.807) is 6.07 Å². The molecule has 0 unspecified atom stereocenters. The number of nitrogens with one attached hydrogen (secondary N) is 3. The Hall–Kier alpha value is -3.58. The number of anilines is 1. The summed E-state index contributed by atoms with van der Waals surface area (Å²) in [5, 5.41) is 6.46. The van der Waals surface area contributed by atoms with Crippen molar-refractivity contribution in [1.29, 1.82) is 0 Å². The molecule has 0 aliphatic heterocycles. The van der Waals surface area contributed by atoms with E-state index in [-0.39, 0.29) is 18.4 Å². The minimum atomic E-state index is -0.275. The zero-order chi connectivity index (χ0) is 23.4. The van der Waals surface area contributed by atoms with Crippen molar-refractivity contribution in [2.75, 3.05) is 11.9 Å². The van der Waals surface area contributed by atoms with Crippen molar-refractivity contribution in [3.8, 4) is 0 Å². The minimum Gasteiger partial charge on any atom is -0.343 e. The monoisotopic (exact) mass is 458 g/mol. The number of carbonyl (C=O) groups excluding carboxylic acids is 2. The molecule has 0 spiro atoms. The van der Waals surface area contributed by atoms with Gasteiger partial charge in [0.15, 0.2) is 5.16 Å². The van der Waals surface area contributed by atoms with E-state index in [0.29, 0.717) is 11.3 Å². The maximum atomic E-state index is 12.8. The summed E-state index contributed by atoms with van der Waals surface area (Å²) in [6.45, 7) is 5.85. The zero-order valence-corrected chi connectivity index (χ0v) is 19.7. The van der Waals surface area contributed by atoms with Gasteiger partial charge in [0, 0.05) is 17.0 Å². The molecule has 0 atom stereocenters. The number of hydrogen-bond donors (Lipinski definition) is 3. The molecule has 0 aliphatic carbocycles. The van der Waals surface area contributed by atoms with Crippen LogP contribution in [0, 0.1) is 20.8 Å². The average Bonchev–Trinajstić information content (AvgIpc) is 3.21. The van der Waals surface area contributed by atoms with Gasteiger partial charge >= 0.3 is 0 Å². The quantitative estimate of drug-likeness (QED) is 0.334. The molecule has 6 nitrogen and oxygen atoms in total. The third kappa shape index (κ3) is 5.43. The molecule has 4 rings (SSSR count). The number of carbonyl (C=O) groups is 2. The molecule has 1 heterocycles. The highest BCUT2D eigenvalue weighted by Gasteiger charge is 2.14.